The molecule has 158 valence electrons. The fourth-order valence-corrected chi connectivity index (χ4v) is 4.41. The fraction of sp³-hybridized carbons (Fsp3) is 0.241. The molecule has 1 unspecified atom stereocenters. The van der Waals surface area contributed by atoms with Crippen molar-refractivity contribution in [1.29, 1.82) is 0 Å². The average molecular weight is 409 g/mol. The zero-order valence-electron chi connectivity index (χ0n) is 18.8. The van der Waals surface area contributed by atoms with Crippen LogP contribution in [-0.4, -0.2) is 6.17 Å². The van der Waals surface area contributed by atoms with Crippen molar-refractivity contribution < 1.29 is 0 Å². The van der Waals surface area contributed by atoms with Crippen molar-refractivity contribution in [1.82, 2.24) is 0 Å². The highest BCUT2D eigenvalue weighted by atomic mass is 15.3. The summed E-state index contributed by atoms with van der Waals surface area (Å²) in [5, 5.41) is 3.71. The van der Waals surface area contributed by atoms with Crippen LogP contribution in [0.2, 0.25) is 0 Å². The summed E-state index contributed by atoms with van der Waals surface area (Å²) in [6.45, 7) is 6.24. The Bertz CT molecular complexity index is 1060. The highest BCUT2D eigenvalue weighted by Crippen LogP contribution is 2.45. The number of hydrogen-bond acceptors (Lipinski definition) is 2. The van der Waals surface area contributed by atoms with Crippen molar-refractivity contribution in [3.05, 3.63) is 96.7 Å². The molecule has 0 saturated carbocycles. The van der Waals surface area contributed by atoms with Gasteiger partial charge in [0.05, 0.1) is 11.4 Å². The molecule has 1 aliphatic carbocycles. The van der Waals surface area contributed by atoms with Gasteiger partial charge in [0.25, 0.3) is 0 Å². The lowest BCUT2D eigenvalue weighted by Crippen LogP contribution is -2.31. The maximum atomic E-state index is 3.71. The van der Waals surface area contributed by atoms with E-state index in [1.807, 2.05) is 13.8 Å². The summed E-state index contributed by atoms with van der Waals surface area (Å²) in [6.07, 6.45) is 10.7. The number of anilines is 2. The first-order valence-corrected chi connectivity index (χ1v) is 11.5. The fourth-order valence-electron chi connectivity index (χ4n) is 4.41. The molecule has 31 heavy (non-hydrogen) atoms. The predicted molar refractivity (Wildman–Crippen MR) is 135 cm³/mol. The maximum absolute atomic E-state index is 3.71. The van der Waals surface area contributed by atoms with Crippen molar-refractivity contribution in [3.63, 3.8) is 0 Å². The molecule has 0 fully saturated rings. The van der Waals surface area contributed by atoms with E-state index in [1.54, 1.807) is 0 Å². The van der Waals surface area contributed by atoms with E-state index in [4.69, 9.17) is 0 Å². The minimum absolute atomic E-state index is 0.230. The Hall–Kier alpha value is -3.26. The molecule has 0 radical (unpaired) electrons. The van der Waals surface area contributed by atoms with E-state index in [1.165, 1.54) is 45.7 Å². The topological polar surface area (TPSA) is 15.3 Å². The maximum Gasteiger partial charge on any atom is 0.101 e. The van der Waals surface area contributed by atoms with Gasteiger partial charge in [0.15, 0.2) is 0 Å². The number of nitrogens with zero attached hydrogens (tertiary/aromatic N) is 1. The van der Waals surface area contributed by atoms with Crippen molar-refractivity contribution in [2.24, 2.45) is 0 Å². The Morgan fingerprint density at radius 1 is 0.806 bits per heavy atom. The van der Waals surface area contributed by atoms with E-state index in [9.17, 15) is 0 Å². The van der Waals surface area contributed by atoms with Crippen molar-refractivity contribution in [2.45, 2.75) is 46.2 Å². The van der Waals surface area contributed by atoms with Crippen LogP contribution in [0.3, 0.4) is 0 Å². The van der Waals surface area contributed by atoms with Gasteiger partial charge in [-0.25, -0.2) is 0 Å². The summed E-state index contributed by atoms with van der Waals surface area (Å²) in [4.78, 5) is 2.44. The van der Waals surface area contributed by atoms with E-state index in [2.05, 4.69) is 108 Å². The number of nitrogens with one attached hydrogen (secondary N) is 1. The molecular weight excluding hydrogens is 376 g/mol. The van der Waals surface area contributed by atoms with Crippen LogP contribution in [0.25, 0.3) is 22.3 Å². The molecule has 1 aliphatic heterocycles. The van der Waals surface area contributed by atoms with Crippen LogP contribution in [0.4, 0.5) is 11.4 Å². The third kappa shape index (κ3) is 4.29. The molecule has 0 aromatic heterocycles. The summed E-state index contributed by atoms with van der Waals surface area (Å²) in [5.74, 6) is 0. The molecule has 3 aromatic carbocycles. The number of fused-ring (bicyclic) bond motifs is 1. The van der Waals surface area contributed by atoms with E-state index < -0.39 is 0 Å². The molecule has 1 atom stereocenters. The Morgan fingerprint density at radius 2 is 1.42 bits per heavy atom. The molecule has 2 aliphatic rings. The first kappa shape index (κ1) is 21.0. The largest absolute Gasteiger partial charge is 0.363 e. The van der Waals surface area contributed by atoms with Gasteiger partial charge in [-0.05, 0) is 66.6 Å². The summed E-state index contributed by atoms with van der Waals surface area (Å²) in [7, 11) is 0. The molecule has 2 heteroatoms. The number of allylic oxidation sites excluding steroid dienone is 3. The Labute approximate surface area is 186 Å². The Balaban J connectivity index is 0.00000112. The number of hydrogen-bond donors (Lipinski definition) is 1. The zero-order valence-corrected chi connectivity index (χ0v) is 18.8. The zero-order chi connectivity index (χ0) is 21.6. The minimum Gasteiger partial charge on any atom is -0.363 e. The molecule has 0 saturated heterocycles. The molecule has 0 amide bonds. The van der Waals surface area contributed by atoms with Crippen LogP contribution in [-0.2, 0) is 0 Å². The quantitative estimate of drug-likeness (QED) is 0.469. The lowest BCUT2D eigenvalue weighted by Gasteiger charge is -2.25. The molecule has 1 heterocycles. The van der Waals surface area contributed by atoms with E-state index >= 15 is 0 Å². The van der Waals surface area contributed by atoms with Gasteiger partial charge in [0, 0.05) is 5.70 Å². The summed E-state index contributed by atoms with van der Waals surface area (Å²) < 4.78 is 0. The van der Waals surface area contributed by atoms with E-state index in [0.717, 1.165) is 12.8 Å². The van der Waals surface area contributed by atoms with E-state index in [0.29, 0.717) is 0 Å². The van der Waals surface area contributed by atoms with Crippen molar-refractivity contribution >= 4 is 11.4 Å². The third-order valence-electron chi connectivity index (χ3n) is 5.81. The van der Waals surface area contributed by atoms with Crippen LogP contribution in [0.1, 0.15) is 40.0 Å². The summed E-state index contributed by atoms with van der Waals surface area (Å²) in [5.41, 5.74) is 8.79. The van der Waals surface area contributed by atoms with Gasteiger partial charge in [-0.15, -0.1) is 0 Å². The average Bonchev–Trinajstić information content (AvgIpc) is 2.98. The van der Waals surface area contributed by atoms with Gasteiger partial charge in [-0.3, -0.25) is 0 Å². The Kier molecular flexibility index (Phi) is 6.57. The molecule has 0 spiro atoms. The van der Waals surface area contributed by atoms with Crippen LogP contribution in [0.15, 0.2) is 96.7 Å². The van der Waals surface area contributed by atoms with Crippen LogP contribution >= 0.6 is 0 Å². The minimum atomic E-state index is 0.230. The monoisotopic (exact) mass is 408 g/mol. The van der Waals surface area contributed by atoms with Crippen LogP contribution in [0, 0.1) is 0 Å². The van der Waals surface area contributed by atoms with Crippen molar-refractivity contribution in [2.75, 3.05) is 10.2 Å². The van der Waals surface area contributed by atoms with Gasteiger partial charge >= 0.3 is 0 Å². The lowest BCUT2D eigenvalue weighted by atomic mass is 9.93. The summed E-state index contributed by atoms with van der Waals surface area (Å²) in [6, 6.07) is 26.1. The van der Waals surface area contributed by atoms with Crippen LogP contribution in [0.5, 0.6) is 0 Å². The molecule has 1 N–H and O–H groups in total. The van der Waals surface area contributed by atoms with Gasteiger partial charge < -0.3 is 10.2 Å². The normalized spacial score (nSPS) is 17.1. The first-order valence-electron chi connectivity index (χ1n) is 11.5. The standard InChI is InChI=1S/C27H26N2.C2H6/c1-20-28-26-18-24(21-12-6-4-7-13-21)25(22-14-8-5-9-15-22)19-27(26)29(20)23-16-10-2-3-11-17-23;1-2/h4-10,12-20,28H,2-3,11H2,1H3;1-2H3. The SMILES string of the molecule is CC.CC1Nc2cc(-c3ccccc3)c(-c3ccccc3)cc2N1C1=CCCCC=C1. The summed E-state index contributed by atoms with van der Waals surface area (Å²) >= 11 is 0. The highest BCUT2D eigenvalue weighted by Gasteiger charge is 2.29. The van der Waals surface area contributed by atoms with Crippen LogP contribution < -0.4 is 10.2 Å². The van der Waals surface area contributed by atoms with Gasteiger partial charge in [-0.2, -0.15) is 0 Å². The third-order valence-corrected chi connectivity index (χ3v) is 5.81. The van der Waals surface area contributed by atoms with Gasteiger partial charge in [0.1, 0.15) is 6.17 Å². The number of rotatable bonds is 3. The molecule has 2 nitrogen and oxygen atoms in total. The second kappa shape index (κ2) is 9.70. The lowest BCUT2D eigenvalue weighted by molar-refractivity contribution is 0.809. The number of benzene rings is 3. The molecule has 5 rings (SSSR count). The van der Waals surface area contributed by atoms with E-state index in [-0.39, 0.29) is 6.17 Å². The van der Waals surface area contributed by atoms with Gasteiger partial charge in [0.2, 0.25) is 0 Å². The molecular formula is C29H32N2. The molecule has 0 bridgehead atoms. The van der Waals surface area contributed by atoms with Gasteiger partial charge in [-0.1, -0.05) is 86.7 Å². The second-order valence-electron chi connectivity index (χ2n) is 7.80. The second-order valence-corrected chi connectivity index (χ2v) is 7.80. The smallest absolute Gasteiger partial charge is 0.101 e. The molecule has 3 aromatic rings. The first-order chi connectivity index (χ1) is 15.3. The highest BCUT2D eigenvalue weighted by molar-refractivity contribution is 5.93. The predicted octanol–water partition coefficient (Wildman–Crippen LogP) is 8.25. The van der Waals surface area contributed by atoms with Crippen molar-refractivity contribution in [3.8, 4) is 22.3 Å². The Morgan fingerprint density at radius 3 is 2.06 bits per heavy atom.